The lowest BCUT2D eigenvalue weighted by atomic mass is 10.2. The summed E-state index contributed by atoms with van der Waals surface area (Å²) in [6.45, 7) is 13.3. The summed E-state index contributed by atoms with van der Waals surface area (Å²) < 4.78 is 6.28. The molecule has 6 nitrogen and oxygen atoms in total. The van der Waals surface area contributed by atoms with Gasteiger partial charge in [0.2, 0.25) is 5.82 Å². The smallest absolute Gasteiger partial charge is 0.237 e. The number of para-hydroxylation sites is 3. The summed E-state index contributed by atoms with van der Waals surface area (Å²) >= 11 is 0. The van der Waals surface area contributed by atoms with Crippen molar-refractivity contribution >= 4 is 34.5 Å². The average molecular weight is 448 g/mol. The molecule has 0 radical (unpaired) electrons. The summed E-state index contributed by atoms with van der Waals surface area (Å²) in [7, 11) is 0. The van der Waals surface area contributed by atoms with Crippen molar-refractivity contribution in [2.75, 3.05) is 0 Å². The summed E-state index contributed by atoms with van der Waals surface area (Å²) in [5, 5.41) is 4.78. The Morgan fingerprint density at radius 3 is 2.29 bits per heavy atom. The van der Waals surface area contributed by atoms with E-state index in [9.17, 15) is 0 Å². The van der Waals surface area contributed by atoms with E-state index in [4.69, 9.17) is 15.1 Å². The van der Waals surface area contributed by atoms with Crippen molar-refractivity contribution in [2.24, 2.45) is 0 Å². The van der Waals surface area contributed by atoms with Gasteiger partial charge in [0.05, 0.1) is 24.5 Å². The largest absolute Gasteiger partial charge is 0.323 e. The zero-order valence-electron chi connectivity index (χ0n) is 19.5. The van der Waals surface area contributed by atoms with Crippen molar-refractivity contribution in [2.45, 2.75) is 26.9 Å². The average Bonchev–Trinajstić information content (AvgIpc) is 3.30. The first kappa shape index (κ1) is 21.5. The lowest BCUT2D eigenvalue weighted by Gasteiger charge is -2.04. The molecule has 0 spiro atoms. The maximum absolute atomic E-state index is 4.94. The first-order valence-electron chi connectivity index (χ1n) is 11.3. The van der Waals surface area contributed by atoms with Gasteiger partial charge in [-0.3, -0.25) is 0 Å². The molecule has 2 aromatic carbocycles. The maximum atomic E-state index is 4.94. The van der Waals surface area contributed by atoms with Crippen LogP contribution in [0.25, 0.3) is 40.2 Å². The molecule has 0 atom stereocenters. The fourth-order valence-electron chi connectivity index (χ4n) is 4.38. The lowest BCUT2D eigenvalue weighted by molar-refractivity contribution is -0.665. The molecule has 0 aliphatic heterocycles. The Balaban J connectivity index is 1.69. The molecule has 0 saturated heterocycles. The minimum absolute atomic E-state index is 0.620. The van der Waals surface area contributed by atoms with E-state index in [-0.39, 0.29) is 0 Å². The fraction of sp³-hybridized carbons (Fsp3) is 0.143. The SMILES string of the molecule is C=CCn1c(C=Cc2c(C)nn(-c3ccccc3)c2C)[n+](CC=C)c2nc3ccccc3nc21. The van der Waals surface area contributed by atoms with E-state index >= 15 is 0 Å². The van der Waals surface area contributed by atoms with Crippen LogP contribution in [-0.2, 0) is 13.1 Å². The van der Waals surface area contributed by atoms with Gasteiger partial charge in [0.25, 0.3) is 5.65 Å². The van der Waals surface area contributed by atoms with E-state index in [1.165, 1.54) is 0 Å². The van der Waals surface area contributed by atoms with Gasteiger partial charge in [0.1, 0.15) is 5.52 Å². The Morgan fingerprint density at radius 1 is 0.882 bits per heavy atom. The Labute approximate surface area is 198 Å². The van der Waals surface area contributed by atoms with Gasteiger partial charge in [0, 0.05) is 17.3 Å². The second-order valence-corrected chi connectivity index (χ2v) is 8.18. The fourth-order valence-corrected chi connectivity index (χ4v) is 4.38. The number of fused-ring (bicyclic) bond motifs is 2. The molecule has 0 bridgehead atoms. The molecular weight excluding hydrogens is 420 g/mol. The Hall–Kier alpha value is -4.32. The third-order valence-corrected chi connectivity index (χ3v) is 5.97. The highest BCUT2D eigenvalue weighted by atomic mass is 15.3. The van der Waals surface area contributed by atoms with E-state index in [2.05, 4.69) is 53.5 Å². The van der Waals surface area contributed by atoms with Crippen LogP contribution in [-0.4, -0.2) is 24.3 Å². The van der Waals surface area contributed by atoms with Crippen molar-refractivity contribution < 1.29 is 4.57 Å². The van der Waals surface area contributed by atoms with E-state index in [0.717, 1.165) is 50.8 Å². The van der Waals surface area contributed by atoms with E-state index in [1.54, 1.807) is 0 Å². The molecule has 5 rings (SSSR count). The van der Waals surface area contributed by atoms with Crippen molar-refractivity contribution in [1.82, 2.24) is 24.3 Å². The number of hydrogen-bond donors (Lipinski definition) is 0. The second-order valence-electron chi connectivity index (χ2n) is 8.18. The summed E-state index contributed by atoms with van der Waals surface area (Å²) in [4.78, 5) is 9.88. The summed E-state index contributed by atoms with van der Waals surface area (Å²) in [6, 6.07) is 18.1. The number of allylic oxidation sites excluding steroid dienone is 2. The molecule has 168 valence electrons. The molecule has 0 N–H and O–H groups in total. The number of rotatable bonds is 7. The van der Waals surface area contributed by atoms with E-state index in [0.29, 0.717) is 13.1 Å². The molecule has 0 amide bonds. The molecule has 3 heterocycles. The first-order chi connectivity index (χ1) is 16.6. The van der Waals surface area contributed by atoms with Crippen LogP contribution >= 0.6 is 0 Å². The summed E-state index contributed by atoms with van der Waals surface area (Å²) in [5.41, 5.74) is 7.59. The summed E-state index contributed by atoms with van der Waals surface area (Å²) in [6.07, 6.45) is 8.02. The zero-order valence-corrected chi connectivity index (χ0v) is 19.5. The zero-order chi connectivity index (χ0) is 23.7. The number of hydrogen-bond acceptors (Lipinski definition) is 3. The van der Waals surface area contributed by atoms with Crippen LogP contribution in [0, 0.1) is 13.8 Å². The lowest BCUT2D eigenvalue weighted by Crippen LogP contribution is -2.36. The molecule has 0 unspecified atom stereocenters. The standard InChI is InChI=1S/C28H27N6/c1-5-18-32-26(17-16-23-20(3)31-34(21(23)4)22-12-8-7-9-13-22)33(19-6-2)28-27(32)29-24-14-10-11-15-25(24)30-28/h5-17H,1-2,18-19H2,3-4H3/q+1. The van der Waals surface area contributed by atoms with Crippen LogP contribution in [0.4, 0.5) is 0 Å². The number of imidazole rings is 1. The number of benzene rings is 2. The van der Waals surface area contributed by atoms with Gasteiger partial charge in [-0.05, 0) is 44.2 Å². The molecule has 0 aliphatic carbocycles. The van der Waals surface area contributed by atoms with Crippen molar-refractivity contribution in [1.29, 1.82) is 0 Å². The quantitative estimate of drug-likeness (QED) is 0.254. The predicted octanol–water partition coefficient (Wildman–Crippen LogP) is 5.22. The van der Waals surface area contributed by atoms with Gasteiger partial charge in [-0.2, -0.15) is 5.10 Å². The van der Waals surface area contributed by atoms with Gasteiger partial charge in [0.15, 0.2) is 5.52 Å². The van der Waals surface area contributed by atoms with Crippen molar-refractivity contribution in [3.63, 3.8) is 0 Å². The third-order valence-electron chi connectivity index (χ3n) is 5.97. The Morgan fingerprint density at radius 2 is 1.59 bits per heavy atom. The molecule has 0 saturated carbocycles. The van der Waals surface area contributed by atoms with Crippen molar-refractivity contribution in [3.8, 4) is 5.69 Å². The van der Waals surface area contributed by atoms with Crippen molar-refractivity contribution in [3.05, 3.63) is 103 Å². The number of aryl methyl sites for hydroxylation is 1. The first-order valence-corrected chi connectivity index (χ1v) is 11.3. The van der Waals surface area contributed by atoms with Crippen LogP contribution < -0.4 is 4.57 Å². The highest BCUT2D eigenvalue weighted by molar-refractivity contribution is 5.82. The molecular formula is C28H27N6+. The second kappa shape index (κ2) is 8.90. The van der Waals surface area contributed by atoms with Crippen LogP contribution in [0.1, 0.15) is 22.8 Å². The minimum atomic E-state index is 0.620. The highest BCUT2D eigenvalue weighted by Crippen LogP contribution is 2.22. The van der Waals surface area contributed by atoms with Crippen LogP contribution in [0.5, 0.6) is 0 Å². The van der Waals surface area contributed by atoms with Gasteiger partial charge >= 0.3 is 5.65 Å². The molecule has 5 aromatic rings. The molecule has 0 aliphatic rings. The van der Waals surface area contributed by atoms with Gasteiger partial charge in [-0.15, -0.1) is 0 Å². The molecule has 6 heteroatoms. The number of aromatic nitrogens is 6. The third kappa shape index (κ3) is 3.63. The van der Waals surface area contributed by atoms with Gasteiger partial charge < -0.3 is 0 Å². The van der Waals surface area contributed by atoms with Crippen LogP contribution in [0.3, 0.4) is 0 Å². The number of nitrogens with zero attached hydrogens (tertiary/aromatic N) is 6. The van der Waals surface area contributed by atoms with Crippen LogP contribution in [0.15, 0.2) is 79.9 Å². The topological polar surface area (TPSA) is 52.4 Å². The van der Waals surface area contributed by atoms with Crippen LogP contribution in [0.2, 0.25) is 0 Å². The van der Waals surface area contributed by atoms with Gasteiger partial charge in [-0.25, -0.2) is 18.8 Å². The monoisotopic (exact) mass is 447 g/mol. The predicted molar refractivity (Wildman–Crippen MR) is 138 cm³/mol. The highest BCUT2D eigenvalue weighted by Gasteiger charge is 2.24. The minimum Gasteiger partial charge on any atom is -0.237 e. The molecule has 3 aromatic heterocycles. The normalized spacial score (nSPS) is 11.6. The summed E-state index contributed by atoms with van der Waals surface area (Å²) in [5.74, 6) is 0.983. The van der Waals surface area contributed by atoms with E-state index < -0.39 is 0 Å². The molecule has 34 heavy (non-hydrogen) atoms. The maximum Gasteiger partial charge on any atom is 0.323 e. The van der Waals surface area contributed by atoms with E-state index in [1.807, 2.05) is 66.2 Å². The molecule has 0 fully saturated rings. The Kier molecular flexibility index (Phi) is 5.64. The Bertz CT molecular complexity index is 1490. The van der Waals surface area contributed by atoms with Gasteiger partial charge in [-0.1, -0.05) is 60.6 Å².